The summed E-state index contributed by atoms with van der Waals surface area (Å²) in [6, 6.07) is 21.3. The molecule has 1 atom stereocenters. The van der Waals surface area contributed by atoms with E-state index in [0.29, 0.717) is 0 Å². The minimum absolute atomic E-state index is 0.220. The lowest BCUT2D eigenvalue weighted by molar-refractivity contribution is 0.219. The van der Waals surface area contributed by atoms with Crippen molar-refractivity contribution in [1.29, 1.82) is 0 Å². The number of nitrogens with one attached hydrogen (secondary N) is 1. The topological polar surface area (TPSA) is 41.3 Å². The van der Waals surface area contributed by atoms with Crippen LogP contribution in [0, 0.1) is 0 Å². The second-order valence-electron chi connectivity index (χ2n) is 5.82. The zero-order valence-electron chi connectivity index (χ0n) is 12.8. The van der Waals surface area contributed by atoms with Crippen LogP contribution in [0.2, 0.25) is 0 Å². The predicted octanol–water partition coefficient (Wildman–Crippen LogP) is 2.81. The molecule has 2 aromatic rings. The summed E-state index contributed by atoms with van der Waals surface area (Å²) in [5.74, 6) is 5.79. The summed E-state index contributed by atoms with van der Waals surface area (Å²) >= 11 is 0. The fraction of sp³-hybridized carbons (Fsp3) is 0.263. The summed E-state index contributed by atoms with van der Waals surface area (Å²) in [7, 11) is 0. The number of nitrogens with two attached hydrogens (primary N) is 1. The van der Waals surface area contributed by atoms with Gasteiger partial charge in [0, 0.05) is 19.6 Å². The first-order valence-electron chi connectivity index (χ1n) is 7.83. The third-order valence-electron chi connectivity index (χ3n) is 4.21. The van der Waals surface area contributed by atoms with E-state index in [1.807, 2.05) is 6.07 Å². The highest BCUT2D eigenvalue weighted by atomic mass is 15.3. The monoisotopic (exact) mass is 293 g/mol. The van der Waals surface area contributed by atoms with Crippen LogP contribution in [0.25, 0.3) is 6.08 Å². The molecule has 0 spiro atoms. The number of piperidine rings is 1. The smallest absolute Gasteiger partial charge is 0.0550 e. The van der Waals surface area contributed by atoms with Crippen LogP contribution in [0.1, 0.15) is 17.5 Å². The molecule has 0 bridgehead atoms. The molecule has 0 amide bonds. The first kappa shape index (κ1) is 15.0. The molecule has 3 heteroatoms. The molecule has 22 heavy (non-hydrogen) atoms. The first-order chi connectivity index (χ1) is 10.8. The SMILES string of the molecule is NNC1CN(Cc2ccccc2)CCC1=Cc1ccccc1. The second-order valence-corrected chi connectivity index (χ2v) is 5.82. The minimum Gasteiger partial charge on any atom is -0.297 e. The van der Waals surface area contributed by atoms with Gasteiger partial charge < -0.3 is 0 Å². The van der Waals surface area contributed by atoms with Crippen molar-refractivity contribution in [1.82, 2.24) is 10.3 Å². The average Bonchev–Trinajstić information content (AvgIpc) is 2.58. The van der Waals surface area contributed by atoms with Crippen LogP contribution in [-0.4, -0.2) is 24.0 Å². The second kappa shape index (κ2) is 7.36. The molecular formula is C19H23N3. The van der Waals surface area contributed by atoms with E-state index < -0.39 is 0 Å². The van der Waals surface area contributed by atoms with Crippen LogP contribution < -0.4 is 11.3 Å². The van der Waals surface area contributed by atoms with Crippen LogP contribution in [0.3, 0.4) is 0 Å². The molecular weight excluding hydrogens is 270 g/mol. The maximum absolute atomic E-state index is 5.79. The van der Waals surface area contributed by atoms with Crippen LogP contribution in [0.15, 0.2) is 66.2 Å². The minimum atomic E-state index is 0.220. The summed E-state index contributed by atoms with van der Waals surface area (Å²) in [6.45, 7) is 3.01. The number of hydrogen-bond acceptors (Lipinski definition) is 3. The van der Waals surface area contributed by atoms with Crippen molar-refractivity contribution in [2.45, 2.75) is 19.0 Å². The number of rotatable bonds is 4. The van der Waals surface area contributed by atoms with E-state index in [1.54, 1.807) is 0 Å². The molecule has 1 aliphatic rings. The number of likely N-dealkylation sites (tertiary alicyclic amines) is 1. The maximum atomic E-state index is 5.79. The fourth-order valence-electron chi connectivity index (χ4n) is 3.01. The van der Waals surface area contributed by atoms with Gasteiger partial charge in [0.05, 0.1) is 6.04 Å². The standard InChI is InChI=1S/C19H23N3/c20-21-19-15-22(14-17-9-5-2-6-10-17)12-11-18(19)13-16-7-3-1-4-8-16/h1-10,13,19,21H,11-12,14-15,20H2. The lowest BCUT2D eigenvalue weighted by Crippen LogP contribution is -2.49. The molecule has 0 aliphatic carbocycles. The van der Waals surface area contributed by atoms with Crippen molar-refractivity contribution in [3.63, 3.8) is 0 Å². The van der Waals surface area contributed by atoms with Crippen LogP contribution in [-0.2, 0) is 6.54 Å². The van der Waals surface area contributed by atoms with E-state index in [1.165, 1.54) is 16.7 Å². The van der Waals surface area contributed by atoms with Gasteiger partial charge in [-0.25, -0.2) is 0 Å². The summed E-state index contributed by atoms with van der Waals surface area (Å²) in [5.41, 5.74) is 6.97. The molecule has 0 aromatic heterocycles. The van der Waals surface area contributed by atoms with E-state index in [9.17, 15) is 0 Å². The zero-order chi connectivity index (χ0) is 15.2. The molecule has 2 aromatic carbocycles. The lowest BCUT2D eigenvalue weighted by atomic mass is 9.96. The van der Waals surface area contributed by atoms with E-state index in [4.69, 9.17) is 5.84 Å². The van der Waals surface area contributed by atoms with Crippen molar-refractivity contribution in [3.05, 3.63) is 77.4 Å². The number of hydrogen-bond donors (Lipinski definition) is 2. The molecule has 1 unspecified atom stereocenters. The number of hydrazine groups is 1. The molecule has 1 saturated heterocycles. The van der Waals surface area contributed by atoms with Crippen LogP contribution in [0.5, 0.6) is 0 Å². The van der Waals surface area contributed by atoms with Crippen molar-refractivity contribution >= 4 is 6.08 Å². The van der Waals surface area contributed by atoms with Gasteiger partial charge in [-0.15, -0.1) is 0 Å². The Bertz CT molecular complexity index is 607. The lowest BCUT2D eigenvalue weighted by Gasteiger charge is -2.34. The molecule has 0 radical (unpaired) electrons. The summed E-state index contributed by atoms with van der Waals surface area (Å²) < 4.78 is 0. The van der Waals surface area contributed by atoms with Gasteiger partial charge in [-0.1, -0.05) is 66.7 Å². The molecule has 3 nitrogen and oxygen atoms in total. The number of nitrogens with zero attached hydrogens (tertiary/aromatic N) is 1. The molecule has 3 N–H and O–H groups in total. The van der Waals surface area contributed by atoms with Gasteiger partial charge in [-0.05, 0) is 23.1 Å². The maximum Gasteiger partial charge on any atom is 0.0550 e. The Morgan fingerprint density at radius 1 is 1.05 bits per heavy atom. The van der Waals surface area contributed by atoms with Crippen molar-refractivity contribution in [3.8, 4) is 0 Å². The Hall–Kier alpha value is -1.94. The molecule has 1 fully saturated rings. The predicted molar refractivity (Wildman–Crippen MR) is 91.9 cm³/mol. The summed E-state index contributed by atoms with van der Waals surface area (Å²) in [5, 5.41) is 0. The van der Waals surface area contributed by atoms with E-state index >= 15 is 0 Å². The van der Waals surface area contributed by atoms with Gasteiger partial charge in [0.1, 0.15) is 0 Å². The van der Waals surface area contributed by atoms with E-state index in [2.05, 4.69) is 71.0 Å². The highest BCUT2D eigenvalue weighted by Gasteiger charge is 2.23. The van der Waals surface area contributed by atoms with Crippen molar-refractivity contribution < 1.29 is 0 Å². The normalized spacial score (nSPS) is 21.1. The van der Waals surface area contributed by atoms with Crippen molar-refractivity contribution in [2.75, 3.05) is 13.1 Å². The van der Waals surface area contributed by atoms with E-state index in [0.717, 1.165) is 26.1 Å². The van der Waals surface area contributed by atoms with Gasteiger partial charge in [0.15, 0.2) is 0 Å². The van der Waals surface area contributed by atoms with Gasteiger partial charge in [-0.2, -0.15) is 0 Å². The van der Waals surface area contributed by atoms with Gasteiger partial charge in [0.25, 0.3) is 0 Å². The third kappa shape index (κ3) is 3.83. The Morgan fingerprint density at radius 3 is 2.41 bits per heavy atom. The zero-order valence-corrected chi connectivity index (χ0v) is 12.8. The third-order valence-corrected chi connectivity index (χ3v) is 4.21. The molecule has 1 aliphatic heterocycles. The summed E-state index contributed by atoms with van der Waals surface area (Å²) in [4.78, 5) is 2.46. The fourth-order valence-corrected chi connectivity index (χ4v) is 3.01. The Balaban J connectivity index is 1.67. The van der Waals surface area contributed by atoms with Gasteiger partial charge in [-0.3, -0.25) is 16.2 Å². The quantitative estimate of drug-likeness (QED) is 0.673. The molecule has 114 valence electrons. The van der Waals surface area contributed by atoms with Gasteiger partial charge in [0.2, 0.25) is 0 Å². The molecule has 3 rings (SSSR count). The number of benzene rings is 2. The highest BCUT2D eigenvalue weighted by Crippen LogP contribution is 2.21. The molecule has 0 saturated carbocycles. The Labute approximate surface area is 132 Å². The van der Waals surface area contributed by atoms with Crippen LogP contribution >= 0.6 is 0 Å². The first-order valence-corrected chi connectivity index (χ1v) is 7.83. The highest BCUT2D eigenvalue weighted by molar-refractivity contribution is 5.54. The van der Waals surface area contributed by atoms with Gasteiger partial charge >= 0.3 is 0 Å². The van der Waals surface area contributed by atoms with Crippen LogP contribution in [0.4, 0.5) is 0 Å². The Morgan fingerprint density at radius 2 is 1.73 bits per heavy atom. The Kier molecular flexibility index (Phi) is 5.01. The summed E-state index contributed by atoms with van der Waals surface area (Å²) in [6.07, 6.45) is 3.32. The van der Waals surface area contributed by atoms with Crippen molar-refractivity contribution in [2.24, 2.45) is 5.84 Å². The largest absolute Gasteiger partial charge is 0.297 e. The molecule has 1 heterocycles. The average molecular weight is 293 g/mol. The van der Waals surface area contributed by atoms with E-state index in [-0.39, 0.29) is 6.04 Å².